The van der Waals surface area contributed by atoms with Crippen molar-refractivity contribution in [3.8, 4) is 56.3 Å². The number of nitrogens with zero attached hydrogens (tertiary/aromatic N) is 2. The molecule has 0 aliphatic carbocycles. The second-order valence-electron chi connectivity index (χ2n) is 10.9. The molecule has 1 aliphatic rings. The number of aryl methyl sites for hydroxylation is 1. The van der Waals surface area contributed by atoms with Gasteiger partial charge < -0.3 is 14.7 Å². The predicted octanol–water partition coefficient (Wildman–Crippen LogP) is 10.0. The second-order valence-corrected chi connectivity index (χ2v) is 10.9. The van der Waals surface area contributed by atoms with E-state index in [2.05, 4.69) is 97.5 Å². The topological polar surface area (TPSA) is 35.0 Å². The normalized spacial score (nSPS) is 11.0. The van der Waals surface area contributed by atoms with Crippen molar-refractivity contribution in [3.05, 3.63) is 145 Å². The Bertz CT molecular complexity index is 1830. The summed E-state index contributed by atoms with van der Waals surface area (Å²) in [4.78, 5) is 8.89. The molecule has 0 unspecified atom stereocenters. The van der Waals surface area contributed by atoms with Gasteiger partial charge >= 0.3 is 0 Å². The zero-order valence-corrected chi connectivity index (χ0v) is 26.9. The fourth-order valence-corrected chi connectivity index (χ4v) is 5.23. The van der Waals surface area contributed by atoms with E-state index in [-0.39, 0.29) is 20.1 Å². The zero-order chi connectivity index (χ0) is 28.9. The van der Waals surface area contributed by atoms with Crippen LogP contribution in [0.3, 0.4) is 0 Å². The summed E-state index contributed by atoms with van der Waals surface area (Å²) in [6.07, 6.45) is 4.82. The van der Waals surface area contributed by atoms with E-state index in [9.17, 15) is 0 Å². The van der Waals surface area contributed by atoms with Crippen LogP contribution in [0.5, 0.6) is 11.5 Å². The maximum absolute atomic E-state index is 6.25. The summed E-state index contributed by atoms with van der Waals surface area (Å²) in [7, 11) is 0. The maximum Gasteiger partial charge on any atom is 0.122 e. The number of rotatable bonds is 4. The van der Waals surface area contributed by atoms with Crippen LogP contribution in [0, 0.1) is 25.0 Å². The van der Waals surface area contributed by atoms with Gasteiger partial charge in [0, 0.05) is 38.1 Å². The van der Waals surface area contributed by atoms with Crippen LogP contribution in [-0.4, -0.2) is 9.97 Å². The van der Waals surface area contributed by atoms with Crippen LogP contribution in [0.4, 0.5) is 0 Å². The van der Waals surface area contributed by atoms with E-state index < -0.39 is 0 Å². The number of benzene rings is 4. The van der Waals surface area contributed by atoms with Gasteiger partial charge in [-0.2, -0.15) is 0 Å². The van der Waals surface area contributed by atoms with Gasteiger partial charge in [-0.15, -0.1) is 59.7 Å². The number of hydrogen-bond acceptors (Lipinski definition) is 3. The molecule has 4 aromatic carbocycles. The summed E-state index contributed by atoms with van der Waals surface area (Å²) in [5.41, 5.74) is 11.0. The molecule has 2 aromatic heterocycles. The van der Waals surface area contributed by atoms with Crippen LogP contribution in [-0.2, 0) is 26.5 Å². The molecule has 1 aliphatic heterocycles. The third-order valence-electron chi connectivity index (χ3n) is 7.17. The average molecular weight is 737 g/mol. The van der Waals surface area contributed by atoms with Gasteiger partial charge in [0.05, 0.1) is 5.75 Å². The summed E-state index contributed by atoms with van der Waals surface area (Å²) in [6, 6.07) is 43.5. The first-order valence-corrected chi connectivity index (χ1v) is 14.3. The molecule has 1 radical (unpaired) electrons. The minimum absolute atomic E-state index is 0. The third-order valence-corrected chi connectivity index (χ3v) is 7.17. The first-order chi connectivity index (χ1) is 20.5. The summed E-state index contributed by atoms with van der Waals surface area (Å²) in [5.74, 6) is 2.36. The molecule has 0 bridgehead atoms. The van der Waals surface area contributed by atoms with Crippen molar-refractivity contribution in [2.45, 2.75) is 27.2 Å². The van der Waals surface area contributed by atoms with Crippen LogP contribution in [0.2, 0.25) is 0 Å². The van der Waals surface area contributed by atoms with Crippen LogP contribution in [0.1, 0.15) is 25.0 Å². The van der Waals surface area contributed by atoms with E-state index in [1.54, 1.807) is 0 Å². The molecule has 43 heavy (non-hydrogen) atoms. The molecular formula is C39H32IrN2O-2. The van der Waals surface area contributed by atoms with Crippen LogP contribution in [0.15, 0.2) is 122 Å². The van der Waals surface area contributed by atoms with Crippen molar-refractivity contribution in [2.24, 2.45) is 5.92 Å². The standard InChI is InChI=1S/C24H16NO.C15H16N.Ir/c1-16-12-13-25-22(14-16)17-10-11-24-21(15-17)19-7-3-2-6-18(19)20-8-4-5-9-23(20)26-24;1-12(2)10-13-8-9-16-15(11-13)14-6-4-3-5-7-14;/h2-9,11-15H,1H3;3-6,8-9,11-12H,10H2,1-2H3;/q2*-1;. The number of para-hydroxylation sites is 1. The van der Waals surface area contributed by atoms with Crippen molar-refractivity contribution in [3.63, 3.8) is 0 Å². The molecule has 3 heterocycles. The predicted molar refractivity (Wildman–Crippen MR) is 171 cm³/mol. The van der Waals surface area contributed by atoms with Gasteiger partial charge in [-0.3, -0.25) is 0 Å². The van der Waals surface area contributed by atoms with Gasteiger partial charge in [-0.25, -0.2) is 0 Å². The molecule has 0 atom stereocenters. The largest absolute Gasteiger partial charge is 0.500 e. The molecule has 6 aromatic rings. The Morgan fingerprint density at radius 2 is 1.33 bits per heavy atom. The molecule has 0 spiro atoms. The Morgan fingerprint density at radius 1 is 0.651 bits per heavy atom. The van der Waals surface area contributed by atoms with Crippen LogP contribution >= 0.6 is 0 Å². The minimum Gasteiger partial charge on any atom is -0.500 e. The van der Waals surface area contributed by atoms with Crippen molar-refractivity contribution >= 4 is 0 Å². The van der Waals surface area contributed by atoms with Crippen molar-refractivity contribution in [1.82, 2.24) is 9.97 Å². The number of pyridine rings is 2. The molecule has 0 fully saturated rings. The van der Waals surface area contributed by atoms with Crippen LogP contribution in [0.25, 0.3) is 44.8 Å². The maximum atomic E-state index is 6.25. The summed E-state index contributed by atoms with van der Waals surface area (Å²) < 4.78 is 6.25. The molecule has 3 nitrogen and oxygen atoms in total. The molecular weight excluding hydrogens is 705 g/mol. The SMILES string of the molecule is CC(C)Cc1ccnc(-c2[c-]cccc2)c1.Cc1ccnc(-c2[c-]cc3c(c2)-c2ccccc2-c2ccccc2O3)c1.[Ir]. The first kappa shape index (κ1) is 30.1. The smallest absolute Gasteiger partial charge is 0.122 e. The second kappa shape index (κ2) is 13.7. The van der Waals surface area contributed by atoms with Crippen molar-refractivity contribution in [2.75, 3.05) is 0 Å². The van der Waals surface area contributed by atoms with E-state index in [0.29, 0.717) is 5.92 Å². The molecule has 0 saturated carbocycles. The summed E-state index contributed by atoms with van der Waals surface area (Å²) >= 11 is 0. The minimum atomic E-state index is 0. The molecule has 0 saturated heterocycles. The summed E-state index contributed by atoms with van der Waals surface area (Å²) in [5, 5.41) is 0. The Hall–Kier alpha value is -4.37. The number of hydrogen-bond donors (Lipinski definition) is 0. The van der Waals surface area contributed by atoms with E-state index in [1.165, 1.54) is 16.7 Å². The van der Waals surface area contributed by atoms with Gasteiger partial charge in [0.1, 0.15) is 5.75 Å². The fraction of sp³-hybridized carbons (Fsp3) is 0.128. The van der Waals surface area contributed by atoms with Crippen molar-refractivity contribution in [1.29, 1.82) is 0 Å². The molecule has 7 rings (SSSR count). The number of fused-ring (bicyclic) bond motifs is 5. The molecule has 0 N–H and O–H groups in total. The van der Waals surface area contributed by atoms with Gasteiger partial charge in [0.2, 0.25) is 0 Å². The summed E-state index contributed by atoms with van der Waals surface area (Å²) in [6.45, 7) is 6.53. The fourth-order valence-electron chi connectivity index (χ4n) is 5.23. The van der Waals surface area contributed by atoms with E-state index in [4.69, 9.17) is 4.74 Å². The van der Waals surface area contributed by atoms with E-state index in [1.807, 2.05) is 67.0 Å². The number of aromatic nitrogens is 2. The molecule has 4 heteroatoms. The van der Waals surface area contributed by atoms with Gasteiger partial charge in [0.15, 0.2) is 0 Å². The molecule has 215 valence electrons. The van der Waals surface area contributed by atoms with Crippen LogP contribution < -0.4 is 4.74 Å². The zero-order valence-electron chi connectivity index (χ0n) is 24.5. The third kappa shape index (κ3) is 7.00. The number of ether oxygens (including phenoxy) is 1. The van der Waals surface area contributed by atoms with Gasteiger partial charge in [0.25, 0.3) is 0 Å². The first-order valence-electron chi connectivity index (χ1n) is 14.3. The van der Waals surface area contributed by atoms with E-state index in [0.717, 1.165) is 57.1 Å². The van der Waals surface area contributed by atoms with E-state index >= 15 is 0 Å². The Kier molecular flexibility index (Phi) is 9.61. The quantitative estimate of drug-likeness (QED) is 0.169. The van der Waals surface area contributed by atoms with Crippen molar-refractivity contribution < 1.29 is 24.8 Å². The average Bonchev–Trinajstić information content (AvgIpc) is 3.16. The van der Waals surface area contributed by atoms with Gasteiger partial charge in [-0.1, -0.05) is 85.1 Å². The Labute approximate surface area is 268 Å². The monoisotopic (exact) mass is 737 g/mol. The Balaban J connectivity index is 0.000000188. The Morgan fingerprint density at radius 3 is 2.05 bits per heavy atom. The molecule has 0 amide bonds. The van der Waals surface area contributed by atoms with Gasteiger partial charge in [-0.05, 0) is 60.0 Å².